The third kappa shape index (κ3) is 26.5. The number of fused-ring (bicyclic) bond motifs is 8. The van der Waals surface area contributed by atoms with Crippen LogP contribution in [0.2, 0.25) is 0 Å². The molecule has 12 rings (SSSR count). The molecule has 0 aromatic heterocycles. The van der Waals surface area contributed by atoms with Crippen LogP contribution in [0.5, 0.6) is 0 Å². The molecule has 0 aromatic rings. The van der Waals surface area contributed by atoms with Crippen molar-refractivity contribution in [1.82, 2.24) is 0 Å². The molecule has 0 spiro atoms. The van der Waals surface area contributed by atoms with Crippen molar-refractivity contribution in [3.05, 3.63) is 0 Å². The van der Waals surface area contributed by atoms with E-state index in [9.17, 15) is 0 Å². The maximum Gasteiger partial charge on any atom is -0.0412 e. The van der Waals surface area contributed by atoms with Gasteiger partial charge in [-0.15, -0.1) is 0 Å². The maximum absolute atomic E-state index is 2.40. The lowest BCUT2D eigenvalue weighted by atomic mass is 9.72. The summed E-state index contributed by atoms with van der Waals surface area (Å²) < 4.78 is 0. The second kappa shape index (κ2) is 37.7. The van der Waals surface area contributed by atoms with Crippen molar-refractivity contribution in [2.24, 2.45) is 65.1 Å². The van der Waals surface area contributed by atoms with Crippen molar-refractivity contribution >= 4 is 0 Å². The molecule has 12 aliphatic carbocycles. The van der Waals surface area contributed by atoms with Crippen LogP contribution in [0, 0.1) is 65.1 Å². The number of rotatable bonds is 6. The molecule has 0 heterocycles. The van der Waals surface area contributed by atoms with Gasteiger partial charge in [0.15, 0.2) is 0 Å². The molecule has 67 heavy (non-hydrogen) atoms. The second-order valence-electron chi connectivity index (χ2n) is 26.6. The van der Waals surface area contributed by atoms with Crippen molar-refractivity contribution in [2.75, 3.05) is 0 Å². The summed E-state index contributed by atoms with van der Waals surface area (Å²) in [6, 6.07) is 0. The average molecular weight is 932 g/mol. The molecule has 0 heteroatoms. The zero-order valence-corrected chi connectivity index (χ0v) is 46.8. The molecule has 0 amide bonds. The first kappa shape index (κ1) is 57.9. The topological polar surface area (TPSA) is 0 Å². The van der Waals surface area contributed by atoms with Gasteiger partial charge in [-0.1, -0.05) is 329 Å². The third-order valence-corrected chi connectivity index (χ3v) is 20.9. The summed E-state index contributed by atoms with van der Waals surface area (Å²) in [5, 5.41) is 0. The van der Waals surface area contributed by atoms with Crippen molar-refractivity contribution < 1.29 is 0 Å². The predicted octanol–water partition coefficient (Wildman–Crippen LogP) is 23.6. The Kier molecular flexibility index (Phi) is 32.6. The van der Waals surface area contributed by atoms with Gasteiger partial charge in [0.25, 0.3) is 0 Å². The minimum absolute atomic E-state index is 1.03. The molecule has 0 N–H and O–H groups in total. The minimum Gasteiger partial charge on any atom is -0.0654 e. The van der Waals surface area contributed by atoms with E-state index in [0.29, 0.717) is 0 Å². The van der Waals surface area contributed by atoms with E-state index >= 15 is 0 Å². The summed E-state index contributed by atoms with van der Waals surface area (Å²) >= 11 is 0. The average Bonchev–Trinajstić information content (AvgIpc) is 3.27. The van der Waals surface area contributed by atoms with Gasteiger partial charge in [-0.2, -0.15) is 0 Å². The summed E-state index contributed by atoms with van der Waals surface area (Å²) in [5.74, 6) is 11.9. The highest BCUT2D eigenvalue weighted by molar-refractivity contribution is 4.80. The first-order valence-electron chi connectivity index (χ1n) is 33.1. The first-order valence-corrected chi connectivity index (χ1v) is 33.1. The van der Waals surface area contributed by atoms with Crippen LogP contribution in [-0.2, 0) is 0 Å². The van der Waals surface area contributed by atoms with E-state index in [1.165, 1.54) is 180 Å². The molecule has 3 unspecified atom stereocenters. The lowest BCUT2D eigenvalue weighted by Crippen LogP contribution is -2.20. The Bertz CT molecular complexity index is 993. The van der Waals surface area contributed by atoms with Crippen molar-refractivity contribution in [2.45, 2.75) is 361 Å². The highest BCUT2D eigenvalue weighted by atomic mass is 14.3. The molecule has 0 nitrogen and oxygen atoms in total. The maximum atomic E-state index is 2.40. The fourth-order valence-electron chi connectivity index (χ4n) is 16.6. The quantitative estimate of drug-likeness (QED) is 0.249. The number of hydrogen-bond acceptors (Lipinski definition) is 0. The molecule has 0 saturated heterocycles. The lowest BCUT2D eigenvalue weighted by molar-refractivity contribution is 0.190. The van der Waals surface area contributed by atoms with Crippen LogP contribution in [0.15, 0.2) is 0 Å². The van der Waals surface area contributed by atoms with Crippen LogP contribution in [0.25, 0.3) is 0 Å². The van der Waals surface area contributed by atoms with E-state index < -0.39 is 0 Å². The summed E-state index contributed by atoms with van der Waals surface area (Å²) in [7, 11) is 0. The van der Waals surface area contributed by atoms with E-state index in [4.69, 9.17) is 0 Å². The van der Waals surface area contributed by atoms with E-state index in [2.05, 4.69) is 20.8 Å². The Morgan fingerprint density at radius 1 is 0.209 bits per heavy atom. The number of hydrogen-bond donors (Lipinski definition) is 0. The Morgan fingerprint density at radius 2 is 0.463 bits per heavy atom. The molecule has 394 valence electrons. The van der Waals surface area contributed by atoms with Gasteiger partial charge in [0.05, 0.1) is 0 Å². The molecule has 0 aromatic carbocycles. The molecule has 12 saturated carbocycles. The normalized spacial score (nSPS) is 34.3. The Labute approximate surface area is 424 Å². The molecule has 3 atom stereocenters. The highest BCUT2D eigenvalue weighted by Crippen LogP contribution is 2.41. The summed E-state index contributed by atoms with van der Waals surface area (Å²) in [5.41, 5.74) is 0. The fourth-order valence-corrected chi connectivity index (χ4v) is 16.6. The monoisotopic (exact) mass is 931 g/mol. The Morgan fingerprint density at radius 3 is 0.806 bits per heavy atom. The highest BCUT2D eigenvalue weighted by Gasteiger charge is 2.27. The van der Waals surface area contributed by atoms with Crippen LogP contribution < -0.4 is 0 Å². The zero-order valence-electron chi connectivity index (χ0n) is 46.8. The molecule has 0 radical (unpaired) electrons. The van der Waals surface area contributed by atoms with Gasteiger partial charge in [0.2, 0.25) is 0 Å². The van der Waals surface area contributed by atoms with Crippen LogP contribution in [0.3, 0.4) is 0 Å². The Balaban J connectivity index is 0.000000168. The molecule has 12 fully saturated rings. The van der Waals surface area contributed by atoms with Crippen molar-refractivity contribution in [3.8, 4) is 0 Å². The summed E-state index contributed by atoms with van der Waals surface area (Å²) in [6.07, 6.45) is 81.1. The van der Waals surface area contributed by atoms with Gasteiger partial charge in [0.1, 0.15) is 0 Å². The van der Waals surface area contributed by atoms with Crippen LogP contribution >= 0.6 is 0 Å². The zero-order chi connectivity index (χ0) is 46.8. The molecule has 0 aliphatic heterocycles. The third-order valence-electron chi connectivity index (χ3n) is 20.9. The minimum atomic E-state index is 1.03. The van der Waals surface area contributed by atoms with Gasteiger partial charge in [-0.3, -0.25) is 0 Å². The summed E-state index contributed by atoms with van der Waals surface area (Å²) in [4.78, 5) is 0. The summed E-state index contributed by atoms with van der Waals surface area (Å²) in [6.45, 7) is 7.16. The lowest BCUT2D eigenvalue weighted by Gasteiger charge is -2.33. The van der Waals surface area contributed by atoms with Crippen molar-refractivity contribution in [3.63, 3.8) is 0 Å². The van der Waals surface area contributed by atoms with Crippen molar-refractivity contribution in [1.29, 1.82) is 0 Å². The fraction of sp³-hybridized carbons (Fsp3) is 1.00. The predicted molar refractivity (Wildman–Crippen MR) is 300 cm³/mol. The standard InChI is InChI=1S/C18H32.C17H32.C17H34.C15H28/c1-5-15-7-2-8-16(6-1)14-18-10-3-9-17(13-15)11-4-12-18;1-3-7-11-16(12-8-4-1)15-17-13-9-5-2-6-10-14-17;1-3-12-17-14-11-9-7-5-6-8-10-13-16(4-2)15-17;1-2-13-6-3-7-14-8-4-10-15(12-13)11-5-9-14/h15-18H,1-14H2;16-17H,1-15H2;16-17H,3-15H2,1-2H3;13-15H,2-12H2,1H3. The molecular weight excluding hydrogens is 805 g/mol. The Hall–Kier alpha value is 0. The van der Waals surface area contributed by atoms with Gasteiger partial charge in [-0.25, -0.2) is 0 Å². The first-order chi connectivity index (χ1) is 33.1. The molecular formula is C67H126. The van der Waals surface area contributed by atoms with Crippen LogP contribution in [0.1, 0.15) is 361 Å². The smallest absolute Gasteiger partial charge is 0.0412 e. The molecule has 6 bridgehead atoms. The van der Waals surface area contributed by atoms with Crippen LogP contribution in [-0.4, -0.2) is 0 Å². The SMILES string of the molecule is C1CC2CCCC(C1)CC1CCCC(CCC1)C2.C1CCCC(CC2CCCCCCC2)CCC1.CCC1CCCC2CCCC(CCC2)C1.CCCC1CCCCCCCCCC(CC)C1. The largest absolute Gasteiger partial charge is 0.0654 e. The van der Waals surface area contributed by atoms with Gasteiger partial charge < -0.3 is 0 Å². The van der Waals surface area contributed by atoms with Gasteiger partial charge in [-0.05, 0) is 97.2 Å². The second-order valence-corrected chi connectivity index (χ2v) is 26.6. The van der Waals surface area contributed by atoms with E-state index in [-0.39, 0.29) is 0 Å². The van der Waals surface area contributed by atoms with Gasteiger partial charge >= 0.3 is 0 Å². The van der Waals surface area contributed by atoms with E-state index in [1.807, 2.05) is 0 Å². The van der Waals surface area contributed by atoms with E-state index in [0.717, 1.165) is 65.1 Å². The molecule has 12 aliphatic rings. The van der Waals surface area contributed by atoms with Crippen LogP contribution in [0.4, 0.5) is 0 Å². The van der Waals surface area contributed by atoms with Gasteiger partial charge in [0, 0.05) is 0 Å². The van der Waals surface area contributed by atoms with E-state index in [1.54, 1.807) is 161 Å².